The van der Waals surface area contributed by atoms with Gasteiger partial charge in [0.1, 0.15) is 0 Å². The normalized spacial score (nSPS) is 22.7. The monoisotopic (exact) mass is 442 g/mol. The van der Waals surface area contributed by atoms with Gasteiger partial charge in [0.05, 0.1) is 35.0 Å². The first-order valence-corrected chi connectivity index (χ1v) is 11.7. The van der Waals surface area contributed by atoms with Gasteiger partial charge in [-0.25, -0.2) is 9.98 Å². The van der Waals surface area contributed by atoms with E-state index in [2.05, 4.69) is 66.7 Å². The highest BCUT2D eigenvalue weighted by molar-refractivity contribution is 6.20. The average molecular weight is 443 g/mol. The Morgan fingerprint density at radius 2 is 1.67 bits per heavy atom. The molecule has 33 heavy (non-hydrogen) atoms. The van der Waals surface area contributed by atoms with Gasteiger partial charge in [0, 0.05) is 23.0 Å². The summed E-state index contributed by atoms with van der Waals surface area (Å²) in [4.78, 5) is 13.0. The summed E-state index contributed by atoms with van der Waals surface area (Å²) in [6, 6.07) is 4.26. The van der Waals surface area contributed by atoms with Crippen molar-refractivity contribution in [1.29, 1.82) is 0 Å². The molecule has 0 saturated heterocycles. The van der Waals surface area contributed by atoms with Gasteiger partial charge in [-0.15, -0.1) is 0 Å². The van der Waals surface area contributed by atoms with E-state index in [9.17, 15) is 0 Å². The topological polar surface area (TPSA) is 71.0 Å². The summed E-state index contributed by atoms with van der Waals surface area (Å²) in [7, 11) is 0. The van der Waals surface area contributed by atoms with Gasteiger partial charge >= 0.3 is 0 Å². The molecule has 5 heterocycles. The Bertz CT molecular complexity index is 1270. The first-order chi connectivity index (χ1) is 16.1. The van der Waals surface area contributed by atoms with Crippen LogP contribution in [-0.2, 0) is 9.47 Å². The number of aromatic amines is 1. The zero-order chi connectivity index (χ0) is 22.8. The van der Waals surface area contributed by atoms with Crippen LogP contribution in [0.2, 0.25) is 0 Å². The number of hydrogen-bond donors (Lipinski definition) is 2. The van der Waals surface area contributed by atoms with Gasteiger partial charge in [0.15, 0.2) is 6.29 Å². The summed E-state index contributed by atoms with van der Waals surface area (Å²) < 4.78 is 11.9. The largest absolute Gasteiger partial charge is 0.378 e. The zero-order valence-electron chi connectivity index (χ0n) is 19.3. The lowest BCUT2D eigenvalue weighted by atomic mass is 10.0. The summed E-state index contributed by atoms with van der Waals surface area (Å²) >= 11 is 0. The van der Waals surface area contributed by atoms with Crippen LogP contribution in [0.1, 0.15) is 33.6 Å². The molecule has 2 N–H and O–H groups in total. The molecule has 6 heteroatoms. The fraction of sp³-hybridized carbons (Fsp3) is 0.333. The average Bonchev–Trinajstić information content (AvgIpc) is 3.57. The third-order valence-electron chi connectivity index (χ3n) is 5.94. The Hall–Kier alpha value is -3.22. The molecule has 0 aromatic carbocycles. The number of ether oxygens (including phenoxy) is 2. The van der Waals surface area contributed by atoms with Crippen molar-refractivity contribution < 1.29 is 9.47 Å². The highest BCUT2D eigenvalue weighted by atomic mass is 16.7. The van der Waals surface area contributed by atoms with Gasteiger partial charge < -0.3 is 19.8 Å². The van der Waals surface area contributed by atoms with Crippen LogP contribution < -0.4 is 16.0 Å². The minimum absolute atomic E-state index is 0.0781. The predicted molar refractivity (Wildman–Crippen MR) is 133 cm³/mol. The number of aliphatic imine (C=N–C) groups is 2. The smallest absolute Gasteiger partial charge is 0.155 e. The molecule has 0 aliphatic carbocycles. The third-order valence-corrected chi connectivity index (χ3v) is 5.94. The lowest BCUT2D eigenvalue weighted by Gasteiger charge is -2.21. The second-order valence-corrected chi connectivity index (χ2v) is 8.67. The summed E-state index contributed by atoms with van der Waals surface area (Å²) in [6.45, 7) is 6.85. The van der Waals surface area contributed by atoms with E-state index < -0.39 is 0 Å². The van der Waals surface area contributed by atoms with Crippen LogP contribution in [0.15, 0.2) is 81.2 Å². The van der Waals surface area contributed by atoms with Crippen molar-refractivity contribution in [2.24, 2.45) is 9.98 Å². The highest BCUT2D eigenvalue weighted by Gasteiger charge is 2.27. The summed E-state index contributed by atoms with van der Waals surface area (Å²) in [5.41, 5.74) is 6.02. The highest BCUT2D eigenvalue weighted by Crippen LogP contribution is 2.29. The first-order valence-electron chi connectivity index (χ1n) is 11.7. The van der Waals surface area contributed by atoms with Crippen molar-refractivity contribution in [3.05, 3.63) is 82.0 Å². The van der Waals surface area contributed by atoms with E-state index in [4.69, 9.17) is 19.5 Å². The van der Waals surface area contributed by atoms with E-state index in [1.54, 1.807) is 0 Å². The van der Waals surface area contributed by atoms with E-state index >= 15 is 0 Å². The lowest BCUT2D eigenvalue weighted by molar-refractivity contribution is -0.147. The Balaban J connectivity index is 1.51. The molecule has 4 aliphatic rings. The standard InChI is InChI=1S/C27H30N4O2/c1-4-11-32-18(3)33-17(2)26-15-25-14-23-8-7-21(29-23)12-19-5-6-20(28-19)13-22-9-10-24(30-22)16-27(26)31-25/h5-10,12-14,16-18,25,28,31H,4,11,15H2,1-3H3. The molecule has 170 valence electrons. The maximum atomic E-state index is 6.19. The van der Waals surface area contributed by atoms with E-state index in [1.165, 1.54) is 5.57 Å². The van der Waals surface area contributed by atoms with Crippen LogP contribution in [0.25, 0.3) is 12.2 Å². The van der Waals surface area contributed by atoms with Gasteiger partial charge in [0.2, 0.25) is 0 Å². The van der Waals surface area contributed by atoms with Crippen LogP contribution in [0.3, 0.4) is 0 Å². The quantitative estimate of drug-likeness (QED) is 0.665. The third kappa shape index (κ3) is 5.07. The molecule has 4 aliphatic heterocycles. The van der Waals surface area contributed by atoms with E-state index in [0.717, 1.165) is 52.1 Å². The zero-order valence-corrected chi connectivity index (χ0v) is 19.3. The number of rotatable bonds is 6. The maximum absolute atomic E-state index is 6.19. The molecule has 8 bridgehead atoms. The summed E-state index contributed by atoms with van der Waals surface area (Å²) in [5, 5.41) is 5.69. The summed E-state index contributed by atoms with van der Waals surface area (Å²) in [6.07, 6.45) is 18.1. The first kappa shape index (κ1) is 21.6. The van der Waals surface area contributed by atoms with Crippen LogP contribution >= 0.6 is 0 Å². The van der Waals surface area contributed by atoms with Crippen LogP contribution in [0.4, 0.5) is 0 Å². The van der Waals surface area contributed by atoms with Crippen molar-refractivity contribution in [2.75, 3.05) is 6.61 Å². The Labute approximate surface area is 194 Å². The van der Waals surface area contributed by atoms with Crippen molar-refractivity contribution in [1.82, 2.24) is 10.3 Å². The molecular weight excluding hydrogens is 412 g/mol. The van der Waals surface area contributed by atoms with Gasteiger partial charge in [-0.3, -0.25) is 0 Å². The molecule has 6 nitrogen and oxygen atoms in total. The molecule has 3 unspecified atom stereocenters. The number of allylic oxidation sites excluding steroid dienone is 5. The molecular formula is C27H30N4O2. The van der Waals surface area contributed by atoms with Gasteiger partial charge in [-0.1, -0.05) is 6.92 Å². The second-order valence-electron chi connectivity index (χ2n) is 8.67. The van der Waals surface area contributed by atoms with Crippen molar-refractivity contribution in [3.8, 4) is 0 Å². The number of fused-ring (bicyclic) bond motifs is 6. The molecule has 0 amide bonds. The molecule has 0 saturated carbocycles. The lowest BCUT2D eigenvalue weighted by Crippen LogP contribution is -2.22. The fourth-order valence-electron chi connectivity index (χ4n) is 4.40. The van der Waals surface area contributed by atoms with E-state index in [0.29, 0.717) is 6.61 Å². The fourth-order valence-corrected chi connectivity index (χ4v) is 4.40. The Morgan fingerprint density at radius 3 is 2.39 bits per heavy atom. The second kappa shape index (κ2) is 9.33. The molecule has 0 spiro atoms. The number of hydrogen-bond acceptors (Lipinski definition) is 5. The van der Waals surface area contributed by atoms with Crippen molar-refractivity contribution in [3.63, 3.8) is 0 Å². The molecule has 0 fully saturated rings. The Morgan fingerprint density at radius 1 is 0.970 bits per heavy atom. The van der Waals surface area contributed by atoms with Gasteiger partial charge in [-0.05, 0) is 93.0 Å². The van der Waals surface area contributed by atoms with E-state index in [1.807, 2.05) is 25.2 Å². The predicted octanol–water partition coefficient (Wildman–Crippen LogP) is 3.17. The number of nitrogens with one attached hydrogen (secondary N) is 2. The minimum atomic E-state index is -0.253. The molecule has 1 aromatic heterocycles. The molecule has 3 atom stereocenters. The SMILES string of the molecule is CCCOC(C)OC(C)C1=C2C=C3C=CC(=N3)C=c3ccc([nH]3)=CC3=NC(=CC(C1)N2)C=C3. The Kier molecular flexibility index (Phi) is 6.11. The number of H-pyrrole nitrogens is 1. The van der Waals surface area contributed by atoms with Gasteiger partial charge in [-0.2, -0.15) is 0 Å². The van der Waals surface area contributed by atoms with Crippen LogP contribution in [0.5, 0.6) is 0 Å². The summed E-state index contributed by atoms with van der Waals surface area (Å²) in [5.74, 6) is 0. The molecule has 0 radical (unpaired) electrons. The number of aromatic nitrogens is 1. The maximum Gasteiger partial charge on any atom is 0.155 e. The molecule has 1 aromatic rings. The van der Waals surface area contributed by atoms with Crippen LogP contribution in [-0.4, -0.2) is 41.5 Å². The molecule has 5 rings (SSSR count). The van der Waals surface area contributed by atoms with Crippen molar-refractivity contribution >= 4 is 23.6 Å². The van der Waals surface area contributed by atoms with Crippen molar-refractivity contribution in [2.45, 2.75) is 52.0 Å². The van der Waals surface area contributed by atoms with Gasteiger partial charge in [0.25, 0.3) is 0 Å². The minimum Gasteiger partial charge on any atom is -0.378 e. The van der Waals surface area contributed by atoms with Crippen LogP contribution in [0, 0.1) is 0 Å². The van der Waals surface area contributed by atoms with E-state index in [-0.39, 0.29) is 18.4 Å². The number of nitrogens with zero attached hydrogens (tertiary/aromatic N) is 2.